The lowest BCUT2D eigenvalue weighted by molar-refractivity contribution is -0.122. The van der Waals surface area contributed by atoms with Gasteiger partial charge < -0.3 is 10.1 Å². The number of carbonyl (C=O) groups is 1. The van der Waals surface area contributed by atoms with Crippen LogP contribution < -0.4 is 0 Å². The maximum atomic E-state index is 8.51. The van der Waals surface area contributed by atoms with Crippen LogP contribution in [0.2, 0.25) is 0 Å². The Morgan fingerprint density at radius 2 is 2.21 bits per heavy atom. The highest BCUT2D eigenvalue weighted by atomic mass is 16.3. The van der Waals surface area contributed by atoms with E-state index < -0.39 is 0 Å². The average molecular weight is 189 g/mol. The van der Waals surface area contributed by atoms with Crippen molar-refractivity contribution in [3.05, 3.63) is 30.1 Å². The van der Waals surface area contributed by atoms with Crippen molar-refractivity contribution in [2.24, 2.45) is 0 Å². The first kappa shape index (κ1) is 9.74. The van der Waals surface area contributed by atoms with E-state index in [0.29, 0.717) is 5.69 Å². The molecule has 2 rings (SSSR count). The summed E-state index contributed by atoms with van der Waals surface area (Å²) in [5, 5.41) is 16.4. The molecule has 0 aliphatic rings. The van der Waals surface area contributed by atoms with E-state index in [4.69, 9.17) is 15.2 Å². The number of fused-ring (bicyclic) bond motifs is 1. The van der Waals surface area contributed by atoms with E-state index in [0.717, 1.165) is 11.0 Å². The number of rotatable bonds is 0. The zero-order valence-electron chi connectivity index (χ0n) is 7.14. The minimum absolute atomic E-state index is 0.250. The van der Waals surface area contributed by atoms with Gasteiger partial charge in [-0.3, -0.25) is 4.79 Å². The maximum Gasteiger partial charge on any atom is 0.290 e. The molecule has 0 bridgehead atoms. The van der Waals surface area contributed by atoms with Crippen LogP contribution in [0.4, 0.5) is 0 Å². The quantitative estimate of drug-likeness (QED) is 0.608. The molecule has 14 heavy (non-hydrogen) atoms. The minimum Gasteiger partial charge on any atom is -0.483 e. The molecule has 2 aromatic heterocycles. The summed E-state index contributed by atoms with van der Waals surface area (Å²) in [5.74, 6) is 0. The van der Waals surface area contributed by atoms with E-state index in [1.807, 2.05) is 18.2 Å². The summed E-state index contributed by atoms with van der Waals surface area (Å²) in [5.41, 5.74) is 1.21. The van der Waals surface area contributed by atoms with Gasteiger partial charge in [0, 0.05) is 11.6 Å². The monoisotopic (exact) mass is 189 g/mol. The molecular formula is C9H7N3O2. The number of hydrogen-bond donors (Lipinski definition) is 2. The fourth-order valence-electron chi connectivity index (χ4n) is 0.993. The zero-order chi connectivity index (χ0) is 10.4. The molecule has 2 heterocycles. The molecule has 70 valence electrons. The molecule has 5 heteroatoms. The minimum atomic E-state index is -0.250. The van der Waals surface area contributed by atoms with Gasteiger partial charge in [-0.05, 0) is 18.2 Å². The topological polar surface area (TPSA) is 89.8 Å². The Morgan fingerprint density at radius 1 is 1.50 bits per heavy atom. The highest BCUT2D eigenvalue weighted by Crippen LogP contribution is 2.08. The van der Waals surface area contributed by atoms with Crippen molar-refractivity contribution in [2.75, 3.05) is 0 Å². The number of pyridine rings is 1. The molecule has 0 unspecified atom stereocenters. The third-order valence-corrected chi connectivity index (χ3v) is 1.52. The number of nitriles is 1. The Hall–Kier alpha value is -2.35. The lowest BCUT2D eigenvalue weighted by Crippen LogP contribution is -1.81. The second kappa shape index (κ2) is 4.62. The van der Waals surface area contributed by atoms with Gasteiger partial charge in [0.25, 0.3) is 6.47 Å². The Labute approximate surface area is 79.6 Å². The van der Waals surface area contributed by atoms with Crippen LogP contribution in [0.15, 0.2) is 24.4 Å². The van der Waals surface area contributed by atoms with Crippen LogP contribution >= 0.6 is 0 Å². The number of nitrogens with one attached hydrogen (secondary N) is 1. The summed E-state index contributed by atoms with van der Waals surface area (Å²) < 4.78 is 0. The van der Waals surface area contributed by atoms with Crippen molar-refractivity contribution in [1.29, 1.82) is 5.26 Å². The molecule has 2 N–H and O–H groups in total. The normalized spacial score (nSPS) is 8.50. The van der Waals surface area contributed by atoms with Crippen molar-refractivity contribution >= 4 is 17.5 Å². The molecule has 0 amide bonds. The van der Waals surface area contributed by atoms with E-state index in [1.165, 1.54) is 0 Å². The number of carboxylic acid groups (broad SMARTS) is 1. The van der Waals surface area contributed by atoms with Gasteiger partial charge in [0.05, 0.1) is 0 Å². The molecule has 0 radical (unpaired) electrons. The van der Waals surface area contributed by atoms with E-state index in [1.54, 1.807) is 12.3 Å². The molecule has 0 fully saturated rings. The number of aromatic amines is 1. The van der Waals surface area contributed by atoms with E-state index in [9.17, 15) is 0 Å². The Morgan fingerprint density at radius 3 is 2.86 bits per heavy atom. The predicted molar refractivity (Wildman–Crippen MR) is 49.5 cm³/mol. The van der Waals surface area contributed by atoms with Gasteiger partial charge in [0.1, 0.15) is 17.4 Å². The van der Waals surface area contributed by atoms with Gasteiger partial charge in [-0.2, -0.15) is 5.26 Å². The lowest BCUT2D eigenvalue weighted by atomic mass is 10.3. The maximum absolute atomic E-state index is 8.51. The van der Waals surface area contributed by atoms with Gasteiger partial charge in [-0.15, -0.1) is 0 Å². The first-order valence-corrected chi connectivity index (χ1v) is 3.74. The summed E-state index contributed by atoms with van der Waals surface area (Å²) in [6, 6.07) is 7.47. The van der Waals surface area contributed by atoms with Crippen LogP contribution in [-0.4, -0.2) is 21.5 Å². The molecule has 0 aliphatic heterocycles. The van der Waals surface area contributed by atoms with Crippen molar-refractivity contribution in [3.8, 4) is 6.07 Å². The van der Waals surface area contributed by atoms with Crippen molar-refractivity contribution < 1.29 is 9.90 Å². The van der Waals surface area contributed by atoms with Crippen LogP contribution in [0.25, 0.3) is 11.0 Å². The van der Waals surface area contributed by atoms with E-state index >= 15 is 0 Å². The summed E-state index contributed by atoms with van der Waals surface area (Å²) in [7, 11) is 0. The van der Waals surface area contributed by atoms with Gasteiger partial charge >= 0.3 is 0 Å². The Kier molecular flexibility index (Phi) is 3.21. The third-order valence-electron chi connectivity index (χ3n) is 1.52. The molecule has 2 aromatic rings. The smallest absolute Gasteiger partial charge is 0.290 e. The van der Waals surface area contributed by atoms with Crippen LogP contribution in [0.3, 0.4) is 0 Å². The average Bonchev–Trinajstić information content (AvgIpc) is 2.65. The number of hydrogen-bond acceptors (Lipinski definition) is 3. The van der Waals surface area contributed by atoms with Crippen LogP contribution in [0, 0.1) is 11.3 Å². The highest BCUT2D eigenvalue weighted by molar-refractivity contribution is 5.75. The summed E-state index contributed by atoms with van der Waals surface area (Å²) in [4.78, 5) is 15.3. The number of nitrogens with zero attached hydrogens (tertiary/aromatic N) is 2. The predicted octanol–water partition coefficient (Wildman–Crippen LogP) is 1.14. The second-order valence-electron chi connectivity index (χ2n) is 2.33. The van der Waals surface area contributed by atoms with Crippen molar-refractivity contribution in [1.82, 2.24) is 9.97 Å². The zero-order valence-corrected chi connectivity index (χ0v) is 7.14. The second-order valence-corrected chi connectivity index (χ2v) is 2.33. The van der Waals surface area contributed by atoms with E-state index in [2.05, 4.69) is 9.97 Å². The third kappa shape index (κ3) is 2.08. The number of H-pyrrole nitrogens is 1. The molecular weight excluding hydrogens is 182 g/mol. The lowest BCUT2D eigenvalue weighted by Gasteiger charge is -1.87. The van der Waals surface area contributed by atoms with E-state index in [-0.39, 0.29) is 6.47 Å². The molecule has 0 aromatic carbocycles. The van der Waals surface area contributed by atoms with Gasteiger partial charge in [-0.25, -0.2) is 4.98 Å². The van der Waals surface area contributed by atoms with Crippen LogP contribution in [-0.2, 0) is 4.79 Å². The fourth-order valence-corrected chi connectivity index (χ4v) is 0.993. The summed E-state index contributed by atoms with van der Waals surface area (Å²) >= 11 is 0. The first-order valence-electron chi connectivity index (χ1n) is 3.74. The summed E-state index contributed by atoms with van der Waals surface area (Å²) in [6.45, 7) is -0.250. The van der Waals surface area contributed by atoms with Crippen LogP contribution in [0.5, 0.6) is 0 Å². The molecule has 0 saturated carbocycles. The van der Waals surface area contributed by atoms with Crippen molar-refractivity contribution in [2.45, 2.75) is 0 Å². The highest BCUT2D eigenvalue weighted by Gasteiger charge is 1.95. The number of aromatic nitrogens is 2. The van der Waals surface area contributed by atoms with Crippen LogP contribution in [0.1, 0.15) is 5.69 Å². The van der Waals surface area contributed by atoms with Gasteiger partial charge in [-0.1, -0.05) is 0 Å². The molecule has 0 aliphatic carbocycles. The van der Waals surface area contributed by atoms with Gasteiger partial charge in [0.15, 0.2) is 0 Å². The molecule has 5 nitrogen and oxygen atoms in total. The fraction of sp³-hybridized carbons (Fsp3) is 0. The SMILES string of the molecule is N#Cc1ccc2cc[nH]c2n1.O=CO. The summed E-state index contributed by atoms with van der Waals surface area (Å²) in [6.07, 6.45) is 1.80. The first-order chi connectivity index (χ1) is 6.81. The Balaban J connectivity index is 0.000000293. The molecule has 0 spiro atoms. The Bertz CT molecular complexity index is 470. The molecule has 0 saturated heterocycles. The standard InChI is InChI=1S/C8H5N3.CH2O2/c9-5-7-2-1-6-3-4-10-8(6)11-7;2-1-3/h1-4H,(H,10,11);1H,(H,2,3). The van der Waals surface area contributed by atoms with Crippen molar-refractivity contribution in [3.63, 3.8) is 0 Å². The largest absolute Gasteiger partial charge is 0.483 e. The van der Waals surface area contributed by atoms with Gasteiger partial charge in [0.2, 0.25) is 0 Å². The molecule has 0 atom stereocenters.